The number of methoxy groups -OCH3 is 1. The molecule has 4 heterocycles. The minimum absolute atomic E-state index is 0.0292. The van der Waals surface area contributed by atoms with E-state index in [0.29, 0.717) is 23.1 Å². The van der Waals surface area contributed by atoms with Crippen LogP contribution in [0.3, 0.4) is 0 Å². The quantitative estimate of drug-likeness (QED) is 0.407. The highest BCUT2D eigenvalue weighted by Gasteiger charge is 2.47. The molecule has 8 nitrogen and oxygen atoms in total. The fraction of sp³-hybridized carbons (Fsp3) is 0.483. The topological polar surface area (TPSA) is 91.2 Å². The third-order valence-corrected chi connectivity index (χ3v) is 8.66. The van der Waals surface area contributed by atoms with E-state index in [1.807, 2.05) is 29.3 Å². The highest BCUT2D eigenvalue weighted by Crippen LogP contribution is 2.40. The molecule has 1 amide bonds. The van der Waals surface area contributed by atoms with Crippen LogP contribution < -0.4 is 10.5 Å². The van der Waals surface area contributed by atoms with Crippen molar-refractivity contribution in [2.24, 2.45) is 17.6 Å². The fourth-order valence-electron chi connectivity index (χ4n) is 6.61. The molecular formula is C29H34N6O2. The minimum Gasteiger partial charge on any atom is -0.494 e. The summed E-state index contributed by atoms with van der Waals surface area (Å²) in [7, 11) is 1.67. The summed E-state index contributed by atoms with van der Waals surface area (Å²) in [5, 5.41) is 1.12. The van der Waals surface area contributed by atoms with Crippen molar-refractivity contribution in [2.45, 2.75) is 64.2 Å². The molecule has 3 aliphatic rings. The maximum atomic E-state index is 13.6. The van der Waals surface area contributed by atoms with Crippen LogP contribution in [0.1, 0.15) is 49.4 Å². The van der Waals surface area contributed by atoms with Gasteiger partial charge in [0, 0.05) is 48.9 Å². The van der Waals surface area contributed by atoms with Crippen LogP contribution in [0.15, 0.2) is 36.5 Å². The Balaban J connectivity index is 1.38. The molecule has 0 radical (unpaired) electrons. The molecule has 3 aromatic heterocycles. The van der Waals surface area contributed by atoms with Crippen molar-refractivity contribution in [1.82, 2.24) is 24.0 Å². The van der Waals surface area contributed by atoms with Gasteiger partial charge in [-0.05, 0) is 74.3 Å². The number of carbonyl (C=O) groups is 1. The van der Waals surface area contributed by atoms with Crippen molar-refractivity contribution >= 4 is 28.0 Å². The number of aromatic nitrogens is 4. The SMILES string of the molecule is CCCn1c(-c2cc3cccnc3n2CC2CC2)nc2cc(C(=O)N3CC4CCC3C4N)cc(OC)c21. The van der Waals surface area contributed by atoms with Gasteiger partial charge in [-0.1, -0.05) is 6.92 Å². The zero-order valence-corrected chi connectivity index (χ0v) is 21.6. The lowest BCUT2D eigenvalue weighted by Crippen LogP contribution is -2.41. The second-order valence-electron chi connectivity index (χ2n) is 11.1. The second-order valence-corrected chi connectivity index (χ2v) is 11.1. The lowest BCUT2D eigenvalue weighted by Gasteiger charge is -2.27. The molecule has 3 atom stereocenters. The van der Waals surface area contributed by atoms with E-state index in [1.165, 1.54) is 12.8 Å². The van der Waals surface area contributed by atoms with Crippen molar-refractivity contribution in [3.8, 4) is 17.3 Å². The van der Waals surface area contributed by atoms with Crippen LogP contribution in [-0.4, -0.2) is 55.6 Å². The molecule has 3 unspecified atom stereocenters. The molecule has 1 aliphatic heterocycles. The maximum absolute atomic E-state index is 13.6. The van der Waals surface area contributed by atoms with E-state index in [-0.39, 0.29) is 18.0 Å². The van der Waals surface area contributed by atoms with Crippen molar-refractivity contribution in [1.29, 1.82) is 0 Å². The number of piperidine rings is 1. The Morgan fingerprint density at radius 2 is 2.03 bits per heavy atom. The Morgan fingerprint density at radius 3 is 2.73 bits per heavy atom. The van der Waals surface area contributed by atoms with Gasteiger partial charge in [-0.3, -0.25) is 4.79 Å². The van der Waals surface area contributed by atoms with Crippen LogP contribution >= 0.6 is 0 Å². The summed E-state index contributed by atoms with van der Waals surface area (Å²) in [4.78, 5) is 25.5. The number of imidazole rings is 1. The molecule has 8 heteroatoms. The van der Waals surface area contributed by atoms with E-state index in [2.05, 4.69) is 28.2 Å². The van der Waals surface area contributed by atoms with Gasteiger partial charge in [-0.15, -0.1) is 0 Å². The number of likely N-dealkylation sites (tertiary alicyclic amines) is 1. The Hall–Kier alpha value is -3.39. The molecule has 1 saturated heterocycles. The van der Waals surface area contributed by atoms with Crippen molar-refractivity contribution < 1.29 is 9.53 Å². The molecule has 0 spiro atoms. The number of rotatable bonds is 7. The van der Waals surface area contributed by atoms with E-state index in [9.17, 15) is 4.79 Å². The first kappa shape index (κ1) is 22.8. The predicted molar refractivity (Wildman–Crippen MR) is 144 cm³/mol. The van der Waals surface area contributed by atoms with Gasteiger partial charge in [0.25, 0.3) is 5.91 Å². The lowest BCUT2D eigenvalue weighted by atomic mass is 10.1. The molecule has 2 saturated carbocycles. The molecular weight excluding hydrogens is 464 g/mol. The van der Waals surface area contributed by atoms with E-state index in [4.69, 9.17) is 20.4 Å². The first-order chi connectivity index (χ1) is 18.1. The summed E-state index contributed by atoms with van der Waals surface area (Å²) in [6, 6.07) is 10.4. The van der Waals surface area contributed by atoms with Gasteiger partial charge in [-0.2, -0.15) is 0 Å². The number of benzene rings is 1. The van der Waals surface area contributed by atoms with Gasteiger partial charge < -0.3 is 24.5 Å². The molecule has 1 aromatic carbocycles. The van der Waals surface area contributed by atoms with Crippen LogP contribution in [0.4, 0.5) is 0 Å². The van der Waals surface area contributed by atoms with Crippen molar-refractivity contribution in [3.63, 3.8) is 0 Å². The predicted octanol–water partition coefficient (Wildman–Crippen LogP) is 4.44. The first-order valence-corrected chi connectivity index (χ1v) is 13.7. The Kier molecular flexibility index (Phi) is 5.29. The van der Waals surface area contributed by atoms with Crippen LogP contribution in [0.5, 0.6) is 5.75 Å². The van der Waals surface area contributed by atoms with Crippen molar-refractivity contribution in [2.75, 3.05) is 13.7 Å². The second kappa shape index (κ2) is 8.58. The Labute approximate surface area is 216 Å². The third-order valence-electron chi connectivity index (χ3n) is 8.66. The number of pyridine rings is 1. The summed E-state index contributed by atoms with van der Waals surface area (Å²) in [5.74, 6) is 2.73. The first-order valence-electron chi connectivity index (χ1n) is 13.7. The van der Waals surface area contributed by atoms with E-state index < -0.39 is 0 Å². The number of fused-ring (bicyclic) bond motifs is 4. The Bertz CT molecular complexity index is 1520. The number of aryl methyl sites for hydroxylation is 1. The van der Waals surface area contributed by atoms with E-state index >= 15 is 0 Å². The average Bonchev–Trinajstić information content (AvgIpc) is 3.28. The molecule has 2 N–H and O–H groups in total. The number of amides is 1. The fourth-order valence-corrected chi connectivity index (χ4v) is 6.61. The van der Waals surface area contributed by atoms with Gasteiger partial charge in [0.05, 0.1) is 18.3 Å². The highest BCUT2D eigenvalue weighted by atomic mass is 16.5. The largest absolute Gasteiger partial charge is 0.494 e. The van der Waals surface area contributed by atoms with Crippen LogP contribution in [0.2, 0.25) is 0 Å². The van der Waals surface area contributed by atoms with Gasteiger partial charge >= 0.3 is 0 Å². The summed E-state index contributed by atoms with van der Waals surface area (Å²) in [5.41, 5.74) is 10.8. The highest BCUT2D eigenvalue weighted by molar-refractivity contribution is 6.00. The van der Waals surface area contributed by atoms with E-state index in [1.54, 1.807) is 7.11 Å². The van der Waals surface area contributed by atoms with E-state index in [0.717, 1.165) is 72.5 Å². The summed E-state index contributed by atoms with van der Waals surface area (Å²) < 4.78 is 10.5. The monoisotopic (exact) mass is 498 g/mol. The lowest BCUT2D eigenvalue weighted by molar-refractivity contribution is 0.0700. The minimum atomic E-state index is 0.0292. The summed E-state index contributed by atoms with van der Waals surface area (Å²) >= 11 is 0. The smallest absolute Gasteiger partial charge is 0.254 e. The number of hydrogen-bond donors (Lipinski definition) is 1. The molecule has 2 aliphatic carbocycles. The molecule has 37 heavy (non-hydrogen) atoms. The van der Waals surface area contributed by atoms with Gasteiger partial charge in [0.2, 0.25) is 0 Å². The zero-order valence-electron chi connectivity index (χ0n) is 21.6. The molecule has 7 rings (SSSR count). The van der Waals surface area contributed by atoms with Gasteiger partial charge in [-0.25, -0.2) is 9.97 Å². The number of nitrogens with two attached hydrogens (primary N) is 1. The molecule has 192 valence electrons. The third kappa shape index (κ3) is 3.56. The van der Waals surface area contributed by atoms with Crippen LogP contribution in [0.25, 0.3) is 33.6 Å². The molecule has 4 aromatic rings. The zero-order chi connectivity index (χ0) is 25.3. The molecule has 3 fully saturated rings. The number of hydrogen-bond acceptors (Lipinski definition) is 5. The van der Waals surface area contributed by atoms with Gasteiger partial charge in [0.1, 0.15) is 16.9 Å². The number of nitrogens with zero attached hydrogens (tertiary/aromatic N) is 5. The number of ether oxygens (including phenoxy) is 1. The van der Waals surface area contributed by atoms with Crippen molar-refractivity contribution in [3.05, 3.63) is 42.1 Å². The summed E-state index contributed by atoms with van der Waals surface area (Å²) in [6.07, 6.45) is 7.45. The Morgan fingerprint density at radius 1 is 1.16 bits per heavy atom. The van der Waals surface area contributed by atoms with Gasteiger partial charge in [0.15, 0.2) is 5.82 Å². The molecule has 2 bridgehead atoms. The average molecular weight is 499 g/mol. The normalized spacial score (nSPS) is 23.0. The number of carbonyl (C=O) groups excluding carboxylic acids is 1. The standard InChI is InChI=1S/C29H34N6O2/c1-3-11-33-26-21(12-20(14-24(26)37-2)29(36)35-16-19-8-9-22(35)25(19)30)32-28(33)23-13-18-5-4-10-31-27(18)34(23)15-17-6-7-17/h4-5,10,12-14,17,19,22,25H,3,6-9,11,15-16,30H2,1-2H3. The summed E-state index contributed by atoms with van der Waals surface area (Å²) in [6.45, 7) is 4.67. The van der Waals surface area contributed by atoms with Crippen LogP contribution in [0, 0.1) is 11.8 Å². The van der Waals surface area contributed by atoms with Crippen LogP contribution in [-0.2, 0) is 13.1 Å². The maximum Gasteiger partial charge on any atom is 0.254 e.